The number of hydrogen-bond donors (Lipinski definition) is 2. The van der Waals surface area contributed by atoms with E-state index >= 15 is 0 Å². The van der Waals surface area contributed by atoms with Crippen LogP contribution in [0.3, 0.4) is 0 Å². The summed E-state index contributed by atoms with van der Waals surface area (Å²) in [5.41, 5.74) is 5.39. The van der Waals surface area contributed by atoms with Gasteiger partial charge in [0.1, 0.15) is 0 Å². The van der Waals surface area contributed by atoms with Gasteiger partial charge in [-0.05, 0) is 13.8 Å². The molecule has 0 unspecified atom stereocenters. The molecule has 1 saturated heterocycles. The van der Waals surface area contributed by atoms with E-state index in [1.165, 1.54) is 4.90 Å². The summed E-state index contributed by atoms with van der Waals surface area (Å²) in [5, 5.41) is 10.9. The lowest BCUT2D eigenvalue weighted by Crippen LogP contribution is -2.44. The topological polar surface area (TPSA) is 106 Å². The SMILES string of the molecule is CC(C)N(CC(N)=O)C(=O)c1cn(C2CNC2)nn1. The first-order valence-corrected chi connectivity index (χ1v) is 6.21. The zero-order valence-corrected chi connectivity index (χ0v) is 11.0. The fraction of sp³-hybridized carbons (Fsp3) is 0.636. The molecule has 19 heavy (non-hydrogen) atoms. The van der Waals surface area contributed by atoms with Crippen LogP contribution in [0.25, 0.3) is 0 Å². The van der Waals surface area contributed by atoms with Crippen molar-refractivity contribution in [3.8, 4) is 0 Å². The zero-order valence-electron chi connectivity index (χ0n) is 11.0. The molecule has 0 spiro atoms. The molecule has 1 aromatic heterocycles. The van der Waals surface area contributed by atoms with E-state index in [2.05, 4.69) is 15.6 Å². The number of hydrogen-bond acceptors (Lipinski definition) is 5. The van der Waals surface area contributed by atoms with E-state index in [4.69, 9.17) is 5.73 Å². The highest BCUT2D eigenvalue weighted by molar-refractivity contribution is 5.94. The second-order valence-corrected chi connectivity index (χ2v) is 4.89. The minimum Gasteiger partial charge on any atom is -0.368 e. The van der Waals surface area contributed by atoms with Gasteiger partial charge in [-0.1, -0.05) is 5.21 Å². The molecule has 0 aromatic carbocycles. The van der Waals surface area contributed by atoms with Crippen molar-refractivity contribution >= 4 is 11.8 Å². The highest BCUT2D eigenvalue weighted by Crippen LogP contribution is 2.12. The van der Waals surface area contributed by atoms with Crippen molar-refractivity contribution in [3.05, 3.63) is 11.9 Å². The molecule has 1 fully saturated rings. The number of nitrogens with two attached hydrogens (primary N) is 1. The summed E-state index contributed by atoms with van der Waals surface area (Å²) < 4.78 is 1.67. The Balaban J connectivity index is 2.11. The average molecular weight is 266 g/mol. The monoisotopic (exact) mass is 266 g/mol. The lowest BCUT2D eigenvalue weighted by atomic mass is 10.2. The van der Waals surface area contributed by atoms with Crippen LogP contribution >= 0.6 is 0 Å². The fourth-order valence-corrected chi connectivity index (χ4v) is 1.82. The predicted octanol–water partition coefficient (Wildman–Crippen LogP) is -1.24. The second-order valence-electron chi connectivity index (χ2n) is 4.89. The molecule has 0 aliphatic carbocycles. The summed E-state index contributed by atoms with van der Waals surface area (Å²) in [6.45, 7) is 5.18. The highest BCUT2D eigenvalue weighted by atomic mass is 16.2. The lowest BCUT2D eigenvalue weighted by Gasteiger charge is -2.26. The van der Waals surface area contributed by atoms with Crippen LogP contribution in [-0.4, -0.2) is 57.4 Å². The largest absolute Gasteiger partial charge is 0.368 e. The van der Waals surface area contributed by atoms with Crippen molar-refractivity contribution in [1.82, 2.24) is 25.2 Å². The maximum atomic E-state index is 12.3. The first-order valence-electron chi connectivity index (χ1n) is 6.21. The van der Waals surface area contributed by atoms with Gasteiger partial charge in [-0.25, -0.2) is 4.68 Å². The van der Waals surface area contributed by atoms with E-state index in [-0.39, 0.29) is 30.2 Å². The average Bonchev–Trinajstić information content (AvgIpc) is 2.71. The molecule has 0 atom stereocenters. The molecule has 2 rings (SSSR count). The third kappa shape index (κ3) is 2.90. The Morgan fingerprint density at radius 2 is 2.26 bits per heavy atom. The summed E-state index contributed by atoms with van der Waals surface area (Å²) in [5.74, 6) is -0.870. The molecule has 1 aliphatic rings. The van der Waals surface area contributed by atoms with Crippen LogP contribution in [0.4, 0.5) is 0 Å². The Labute approximate surface area is 110 Å². The van der Waals surface area contributed by atoms with Gasteiger partial charge in [0, 0.05) is 19.1 Å². The first kappa shape index (κ1) is 13.5. The number of primary amides is 1. The smallest absolute Gasteiger partial charge is 0.276 e. The number of carbonyl (C=O) groups is 2. The minimum absolute atomic E-state index is 0.117. The molecule has 0 bridgehead atoms. The van der Waals surface area contributed by atoms with Gasteiger partial charge < -0.3 is 16.0 Å². The van der Waals surface area contributed by atoms with E-state index in [9.17, 15) is 9.59 Å². The number of nitrogens with zero attached hydrogens (tertiary/aromatic N) is 4. The normalized spacial score (nSPS) is 15.3. The minimum atomic E-state index is -0.544. The molecule has 1 aromatic rings. The van der Waals surface area contributed by atoms with E-state index in [0.717, 1.165) is 13.1 Å². The van der Waals surface area contributed by atoms with Crippen molar-refractivity contribution in [2.24, 2.45) is 5.73 Å². The molecule has 3 N–H and O–H groups in total. The maximum absolute atomic E-state index is 12.3. The van der Waals surface area contributed by atoms with Crippen LogP contribution < -0.4 is 11.1 Å². The summed E-state index contributed by atoms with van der Waals surface area (Å²) >= 11 is 0. The molecule has 104 valence electrons. The van der Waals surface area contributed by atoms with Crippen LogP contribution in [0.15, 0.2) is 6.20 Å². The van der Waals surface area contributed by atoms with Crippen LogP contribution in [-0.2, 0) is 4.79 Å². The van der Waals surface area contributed by atoms with Gasteiger partial charge in [0.2, 0.25) is 5.91 Å². The van der Waals surface area contributed by atoms with Crippen molar-refractivity contribution in [2.75, 3.05) is 19.6 Å². The van der Waals surface area contributed by atoms with Crippen molar-refractivity contribution in [3.63, 3.8) is 0 Å². The van der Waals surface area contributed by atoms with Crippen LogP contribution in [0.1, 0.15) is 30.4 Å². The Bertz CT molecular complexity index is 479. The highest BCUT2D eigenvalue weighted by Gasteiger charge is 2.25. The first-order chi connectivity index (χ1) is 8.99. The lowest BCUT2D eigenvalue weighted by molar-refractivity contribution is -0.119. The third-order valence-electron chi connectivity index (χ3n) is 3.07. The summed E-state index contributed by atoms with van der Waals surface area (Å²) in [6, 6.07) is 0.119. The molecule has 0 saturated carbocycles. The fourth-order valence-electron chi connectivity index (χ4n) is 1.82. The summed E-state index contributed by atoms with van der Waals surface area (Å²) in [4.78, 5) is 24.6. The molecule has 8 heteroatoms. The van der Waals surface area contributed by atoms with E-state index in [1.54, 1.807) is 10.9 Å². The quantitative estimate of drug-likeness (QED) is 0.693. The zero-order chi connectivity index (χ0) is 14.0. The van der Waals surface area contributed by atoms with Gasteiger partial charge in [-0.3, -0.25) is 9.59 Å². The number of aromatic nitrogens is 3. The van der Waals surface area contributed by atoms with E-state index < -0.39 is 5.91 Å². The van der Waals surface area contributed by atoms with Gasteiger partial charge in [-0.15, -0.1) is 5.10 Å². The molecular formula is C11H18N6O2. The van der Waals surface area contributed by atoms with Crippen LogP contribution in [0.2, 0.25) is 0 Å². The molecular weight excluding hydrogens is 248 g/mol. The number of rotatable bonds is 5. The van der Waals surface area contributed by atoms with Crippen LogP contribution in [0.5, 0.6) is 0 Å². The number of carbonyl (C=O) groups excluding carboxylic acids is 2. The number of amides is 2. The van der Waals surface area contributed by atoms with Crippen molar-refractivity contribution < 1.29 is 9.59 Å². The van der Waals surface area contributed by atoms with Gasteiger partial charge in [0.15, 0.2) is 5.69 Å². The van der Waals surface area contributed by atoms with Gasteiger partial charge in [0.25, 0.3) is 5.91 Å². The molecule has 0 radical (unpaired) electrons. The predicted molar refractivity (Wildman–Crippen MR) is 67.3 cm³/mol. The Hall–Kier alpha value is -1.96. The van der Waals surface area contributed by atoms with Gasteiger partial charge >= 0.3 is 0 Å². The molecule has 8 nitrogen and oxygen atoms in total. The van der Waals surface area contributed by atoms with Crippen molar-refractivity contribution in [2.45, 2.75) is 25.9 Å². The Morgan fingerprint density at radius 1 is 1.58 bits per heavy atom. The number of nitrogens with one attached hydrogen (secondary N) is 1. The molecule has 1 aliphatic heterocycles. The van der Waals surface area contributed by atoms with E-state index in [1.807, 2.05) is 13.8 Å². The Morgan fingerprint density at radius 3 is 2.74 bits per heavy atom. The maximum Gasteiger partial charge on any atom is 0.276 e. The standard InChI is InChI=1S/C11H18N6O2/c1-7(2)16(6-10(12)18)11(19)9-5-17(15-14-9)8-3-13-4-8/h5,7-8,13H,3-4,6H2,1-2H3,(H2,12,18). The van der Waals surface area contributed by atoms with Crippen molar-refractivity contribution in [1.29, 1.82) is 0 Å². The van der Waals surface area contributed by atoms with E-state index in [0.29, 0.717) is 0 Å². The Kier molecular flexibility index (Phi) is 3.79. The van der Waals surface area contributed by atoms with Crippen LogP contribution in [0, 0.1) is 0 Å². The summed E-state index contributed by atoms with van der Waals surface area (Å²) in [7, 11) is 0. The summed E-state index contributed by atoms with van der Waals surface area (Å²) in [6.07, 6.45) is 1.62. The second kappa shape index (κ2) is 5.35. The van der Waals surface area contributed by atoms with Gasteiger partial charge in [-0.2, -0.15) is 0 Å². The third-order valence-corrected chi connectivity index (χ3v) is 3.07. The molecule has 2 heterocycles. The van der Waals surface area contributed by atoms with Gasteiger partial charge in [0.05, 0.1) is 18.8 Å². The molecule has 2 amide bonds.